The van der Waals surface area contributed by atoms with Crippen molar-refractivity contribution in [3.63, 3.8) is 0 Å². The average Bonchev–Trinajstić information content (AvgIpc) is 2.55. The molecule has 0 radical (unpaired) electrons. The van der Waals surface area contributed by atoms with Crippen molar-refractivity contribution in [2.45, 2.75) is 26.1 Å². The molecule has 0 amide bonds. The van der Waals surface area contributed by atoms with Crippen molar-refractivity contribution in [1.82, 2.24) is 0 Å². The number of hydrogen-bond acceptors (Lipinski definition) is 4. The fraction of sp³-hybridized carbons (Fsp3) is 0.294. The number of aliphatic hydroxyl groups is 2. The van der Waals surface area contributed by atoms with Crippen molar-refractivity contribution >= 4 is 0 Å². The van der Waals surface area contributed by atoms with Crippen LogP contribution in [-0.2, 0) is 6.61 Å². The molecule has 0 heterocycles. The summed E-state index contributed by atoms with van der Waals surface area (Å²) in [5, 5.41) is 18.9. The highest BCUT2D eigenvalue weighted by atomic mass is 16.5. The minimum Gasteiger partial charge on any atom is -0.493 e. The fourth-order valence-corrected chi connectivity index (χ4v) is 2.02. The molecule has 21 heavy (non-hydrogen) atoms. The molecule has 0 aliphatic rings. The van der Waals surface area contributed by atoms with Gasteiger partial charge in [-0.15, -0.1) is 0 Å². The molecular formula is C17H20O4. The molecule has 0 saturated heterocycles. The molecule has 0 saturated carbocycles. The van der Waals surface area contributed by atoms with Gasteiger partial charge >= 0.3 is 0 Å². The van der Waals surface area contributed by atoms with Gasteiger partial charge in [-0.1, -0.05) is 25.1 Å². The van der Waals surface area contributed by atoms with Gasteiger partial charge in [-0.3, -0.25) is 0 Å². The lowest BCUT2D eigenvalue weighted by atomic mass is 10.1. The van der Waals surface area contributed by atoms with Crippen LogP contribution in [0.3, 0.4) is 0 Å². The van der Waals surface area contributed by atoms with Crippen LogP contribution in [0.5, 0.6) is 17.2 Å². The zero-order valence-corrected chi connectivity index (χ0v) is 12.2. The van der Waals surface area contributed by atoms with E-state index in [0.29, 0.717) is 23.7 Å². The number of benzene rings is 2. The first-order valence-corrected chi connectivity index (χ1v) is 6.91. The van der Waals surface area contributed by atoms with Crippen LogP contribution in [0.2, 0.25) is 0 Å². The van der Waals surface area contributed by atoms with Crippen molar-refractivity contribution in [1.29, 1.82) is 0 Å². The molecule has 2 N–H and O–H groups in total. The second-order valence-corrected chi connectivity index (χ2v) is 4.74. The highest BCUT2D eigenvalue weighted by molar-refractivity contribution is 5.45. The maximum absolute atomic E-state index is 9.77. The molecule has 0 unspecified atom stereocenters. The molecule has 0 aromatic heterocycles. The van der Waals surface area contributed by atoms with Crippen LogP contribution in [0.15, 0.2) is 42.5 Å². The maximum Gasteiger partial charge on any atom is 0.169 e. The Morgan fingerprint density at radius 3 is 2.33 bits per heavy atom. The molecule has 0 spiro atoms. The van der Waals surface area contributed by atoms with E-state index in [4.69, 9.17) is 14.6 Å². The molecule has 0 aliphatic heterocycles. The van der Waals surface area contributed by atoms with Crippen LogP contribution in [0, 0.1) is 0 Å². The predicted octanol–water partition coefficient (Wildman–Crippen LogP) is 3.42. The van der Waals surface area contributed by atoms with Gasteiger partial charge in [0.15, 0.2) is 11.5 Å². The molecule has 1 atom stereocenters. The third-order valence-corrected chi connectivity index (χ3v) is 3.29. The topological polar surface area (TPSA) is 58.9 Å². The summed E-state index contributed by atoms with van der Waals surface area (Å²) < 4.78 is 11.0. The van der Waals surface area contributed by atoms with Crippen LogP contribution >= 0.6 is 0 Å². The van der Waals surface area contributed by atoms with Crippen LogP contribution in [0.25, 0.3) is 0 Å². The third-order valence-electron chi connectivity index (χ3n) is 3.29. The Morgan fingerprint density at radius 2 is 1.76 bits per heavy atom. The van der Waals surface area contributed by atoms with E-state index >= 15 is 0 Å². The number of hydrogen-bond donors (Lipinski definition) is 2. The zero-order chi connectivity index (χ0) is 15.2. The highest BCUT2D eigenvalue weighted by Gasteiger charge is 2.08. The lowest BCUT2D eigenvalue weighted by Crippen LogP contribution is -1.95. The molecule has 0 aliphatic carbocycles. The Bertz CT molecular complexity index is 578. The molecule has 4 heteroatoms. The van der Waals surface area contributed by atoms with Crippen molar-refractivity contribution in [3.8, 4) is 17.2 Å². The van der Waals surface area contributed by atoms with Crippen molar-refractivity contribution < 1.29 is 19.7 Å². The number of aliphatic hydroxyl groups excluding tert-OH is 2. The molecule has 2 rings (SSSR count). The average molecular weight is 288 g/mol. The maximum atomic E-state index is 9.77. The quantitative estimate of drug-likeness (QED) is 0.855. The van der Waals surface area contributed by atoms with Gasteiger partial charge in [-0.25, -0.2) is 0 Å². The first-order chi connectivity index (χ1) is 10.2. The monoisotopic (exact) mass is 288 g/mol. The summed E-state index contributed by atoms with van der Waals surface area (Å²) >= 11 is 0. The molecule has 0 bridgehead atoms. The number of ether oxygens (including phenoxy) is 2. The number of methoxy groups -OCH3 is 1. The van der Waals surface area contributed by atoms with Gasteiger partial charge in [0, 0.05) is 0 Å². The molecule has 4 nitrogen and oxygen atoms in total. The first kappa shape index (κ1) is 15.4. The normalized spacial score (nSPS) is 12.0. The van der Waals surface area contributed by atoms with Crippen molar-refractivity contribution in [3.05, 3.63) is 53.6 Å². The standard InChI is InChI=1S/C17H20O4/c1-3-15(19)13-5-7-14(8-6-13)21-16-9-4-12(11-18)10-17(16)20-2/h4-10,15,18-19H,3,11H2,1-2H3/t15-/m0/s1. The summed E-state index contributed by atoms with van der Waals surface area (Å²) in [4.78, 5) is 0. The van der Waals surface area contributed by atoms with Gasteiger partial charge in [0.2, 0.25) is 0 Å². The first-order valence-electron chi connectivity index (χ1n) is 6.91. The molecule has 112 valence electrons. The van der Waals surface area contributed by atoms with Crippen LogP contribution in [0.1, 0.15) is 30.6 Å². The Morgan fingerprint density at radius 1 is 1.05 bits per heavy atom. The highest BCUT2D eigenvalue weighted by Crippen LogP contribution is 2.32. The van der Waals surface area contributed by atoms with Gasteiger partial charge in [0.05, 0.1) is 19.8 Å². The Balaban J connectivity index is 2.18. The minimum atomic E-state index is -0.447. The summed E-state index contributed by atoms with van der Waals surface area (Å²) in [5.41, 5.74) is 1.63. The van der Waals surface area contributed by atoms with Gasteiger partial charge in [-0.2, -0.15) is 0 Å². The predicted molar refractivity (Wildman–Crippen MR) is 80.7 cm³/mol. The summed E-state index contributed by atoms with van der Waals surface area (Å²) in [5.74, 6) is 1.81. The minimum absolute atomic E-state index is 0.0414. The molecule has 2 aromatic rings. The van der Waals surface area contributed by atoms with E-state index in [2.05, 4.69) is 0 Å². The summed E-state index contributed by atoms with van der Waals surface area (Å²) in [6.45, 7) is 1.89. The van der Waals surface area contributed by atoms with Crippen molar-refractivity contribution in [2.75, 3.05) is 7.11 Å². The van der Waals surface area contributed by atoms with Crippen LogP contribution in [-0.4, -0.2) is 17.3 Å². The summed E-state index contributed by atoms with van der Waals surface area (Å²) in [6.07, 6.45) is 0.230. The Hall–Kier alpha value is -2.04. The Labute approximate surface area is 124 Å². The van der Waals surface area contributed by atoms with Gasteiger partial charge < -0.3 is 19.7 Å². The van der Waals surface area contributed by atoms with Gasteiger partial charge in [-0.05, 0) is 41.8 Å². The molecular weight excluding hydrogens is 268 g/mol. The van der Waals surface area contributed by atoms with E-state index in [9.17, 15) is 5.11 Å². The smallest absolute Gasteiger partial charge is 0.169 e. The van der Waals surface area contributed by atoms with Crippen LogP contribution < -0.4 is 9.47 Å². The summed E-state index contributed by atoms with van der Waals surface area (Å²) in [6, 6.07) is 12.6. The lowest BCUT2D eigenvalue weighted by molar-refractivity contribution is 0.173. The molecule has 2 aromatic carbocycles. The SMILES string of the molecule is CC[C@H](O)c1ccc(Oc2ccc(CO)cc2OC)cc1. The largest absolute Gasteiger partial charge is 0.493 e. The van der Waals surface area contributed by atoms with E-state index in [1.54, 1.807) is 25.3 Å². The Kier molecular flexibility index (Phi) is 5.20. The summed E-state index contributed by atoms with van der Waals surface area (Å²) in [7, 11) is 1.56. The fourth-order valence-electron chi connectivity index (χ4n) is 2.02. The second-order valence-electron chi connectivity index (χ2n) is 4.74. The van der Waals surface area contributed by atoms with Crippen molar-refractivity contribution in [2.24, 2.45) is 0 Å². The lowest BCUT2D eigenvalue weighted by Gasteiger charge is -2.13. The third kappa shape index (κ3) is 3.74. The van der Waals surface area contributed by atoms with Crippen LogP contribution in [0.4, 0.5) is 0 Å². The zero-order valence-electron chi connectivity index (χ0n) is 12.2. The van der Waals surface area contributed by atoms with Gasteiger partial charge in [0.1, 0.15) is 5.75 Å². The van der Waals surface area contributed by atoms with Gasteiger partial charge in [0.25, 0.3) is 0 Å². The van der Waals surface area contributed by atoms with E-state index in [-0.39, 0.29) is 6.61 Å². The van der Waals surface area contributed by atoms with E-state index in [1.807, 2.05) is 31.2 Å². The van der Waals surface area contributed by atoms with E-state index < -0.39 is 6.10 Å². The number of rotatable bonds is 6. The molecule has 0 fully saturated rings. The van der Waals surface area contributed by atoms with E-state index in [1.165, 1.54) is 0 Å². The van der Waals surface area contributed by atoms with E-state index in [0.717, 1.165) is 11.1 Å². The second kappa shape index (κ2) is 7.11.